The van der Waals surface area contributed by atoms with Gasteiger partial charge in [0.2, 0.25) is 5.91 Å². The van der Waals surface area contributed by atoms with Gasteiger partial charge < -0.3 is 15.0 Å². The molecule has 5 heteroatoms. The molecule has 2 aromatic rings. The van der Waals surface area contributed by atoms with Crippen LogP contribution in [0.4, 0.5) is 0 Å². The Hall–Kier alpha value is -2.82. The van der Waals surface area contributed by atoms with Crippen LogP contribution < -0.4 is 10.1 Å². The van der Waals surface area contributed by atoms with E-state index in [1.807, 2.05) is 47.4 Å². The van der Waals surface area contributed by atoms with E-state index < -0.39 is 0 Å². The zero-order valence-electron chi connectivity index (χ0n) is 15.0. The second kappa shape index (κ2) is 8.52. The predicted molar refractivity (Wildman–Crippen MR) is 100 cm³/mol. The zero-order valence-corrected chi connectivity index (χ0v) is 15.0. The maximum absolute atomic E-state index is 12.6. The summed E-state index contributed by atoms with van der Waals surface area (Å²) in [6.45, 7) is 1.29. The number of nitrogens with zero attached hydrogens (tertiary/aromatic N) is 1. The van der Waals surface area contributed by atoms with Gasteiger partial charge in [-0.1, -0.05) is 36.4 Å². The fourth-order valence-electron chi connectivity index (χ4n) is 3.23. The lowest BCUT2D eigenvalue weighted by Crippen LogP contribution is -2.46. The topological polar surface area (TPSA) is 58.6 Å². The molecule has 0 saturated carbocycles. The number of carbonyl (C=O) groups is 2. The Morgan fingerprint density at radius 1 is 1.08 bits per heavy atom. The SMILES string of the molecule is COc1cccc(C(=O)N2CCC(NC(=O)Cc3ccccc3)CC2)c1. The number of hydrogen-bond acceptors (Lipinski definition) is 3. The van der Waals surface area contributed by atoms with Crippen molar-refractivity contribution in [3.05, 3.63) is 65.7 Å². The van der Waals surface area contributed by atoms with Gasteiger partial charge in [-0.3, -0.25) is 9.59 Å². The van der Waals surface area contributed by atoms with Crippen molar-refractivity contribution in [3.63, 3.8) is 0 Å². The normalized spacial score (nSPS) is 14.7. The fourth-order valence-corrected chi connectivity index (χ4v) is 3.23. The first kappa shape index (κ1) is 18.0. The third kappa shape index (κ3) is 4.63. The minimum Gasteiger partial charge on any atom is -0.497 e. The molecular formula is C21H24N2O3. The summed E-state index contributed by atoms with van der Waals surface area (Å²) in [4.78, 5) is 26.6. The minimum absolute atomic E-state index is 0.0120. The van der Waals surface area contributed by atoms with Crippen LogP contribution in [0.1, 0.15) is 28.8 Å². The van der Waals surface area contributed by atoms with E-state index in [-0.39, 0.29) is 17.9 Å². The van der Waals surface area contributed by atoms with E-state index in [0.29, 0.717) is 30.8 Å². The van der Waals surface area contributed by atoms with E-state index in [0.717, 1.165) is 18.4 Å². The van der Waals surface area contributed by atoms with Crippen molar-refractivity contribution in [2.75, 3.05) is 20.2 Å². The highest BCUT2D eigenvalue weighted by Gasteiger charge is 2.24. The van der Waals surface area contributed by atoms with Crippen molar-refractivity contribution in [3.8, 4) is 5.75 Å². The molecule has 1 aliphatic heterocycles. The molecule has 3 rings (SSSR count). The number of nitrogens with one attached hydrogen (secondary N) is 1. The van der Waals surface area contributed by atoms with Gasteiger partial charge in [0.25, 0.3) is 5.91 Å². The molecule has 5 nitrogen and oxygen atoms in total. The van der Waals surface area contributed by atoms with Crippen LogP contribution in [-0.4, -0.2) is 43.0 Å². The van der Waals surface area contributed by atoms with Gasteiger partial charge in [0.1, 0.15) is 5.75 Å². The second-order valence-corrected chi connectivity index (χ2v) is 6.53. The Morgan fingerprint density at radius 3 is 2.50 bits per heavy atom. The molecule has 0 unspecified atom stereocenters. The van der Waals surface area contributed by atoms with Crippen LogP contribution >= 0.6 is 0 Å². The fraction of sp³-hybridized carbons (Fsp3) is 0.333. The lowest BCUT2D eigenvalue weighted by atomic mass is 10.0. The van der Waals surface area contributed by atoms with Crippen LogP contribution in [0.15, 0.2) is 54.6 Å². The Morgan fingerprint density at radius 2 is 1.81 bits per heavy atom. The number of piperidine rings is 1. The van der Waals surface area contributed by atoms with Gasteiger partial charge >= 0.3 is 0 Å². The van der Waals surface area contributed by atoms with Crippen molar-refractivity contribution >= 4 is 11.8 Å². The van der Waals surface area contributed by atoms with E-state index in [4.69, 9.17) is 4.74 Å². The standard InChI is InChI=1S/C21H24N2O3/c1-26-19-9-5-8-17(15-19)21(25)23-12-10-18(11-13-23)22-20(24)14-16-6-3-2-4-7-16/h2-9,15,18H,10-14H2,1H3,(H,22,24). The van der Waals surface area contributed by atoms with Gasteiger partial charge in [0.05, 0.1) is 13.5 Å². The van der Waals surface area contributed by atoms with Crippen molar-refractivity contribution in [2.45, 2.75) is 25.3 Å². The summed E-state index contributed by atoms with van der Waals surface area (Å²) < 4.78 is 5.18. The van der Waals surface area contributed by atoms with Gasteiger partial charge in [-0.15, -0.1) is 0 Å². The monoisotopic (exact) mass is 352 g/mol. The average molecular weight is 352 g/mol. The molecular weight excluding hydrogens is 328 g/mol. The van der Waals surface area contributed by atoms with Crippen molar-refractivity contribution in [2.24, 2.45) is 0 Å². The number of methoxy groups -OCH3 is 1. The molecule has 0 aliphatic carbocycles. The van der Waals surface area contributed by atoms with Crippen LogP contribution in [0, 0.1) is 0 Å². The zero-order chi connectivity index (χ0) is 18.4. The molecule has 0 atom stereocenters. The summed E-state index contributed by atoms with van der Waals surface area (Å²) in [6.07, 6.45) is 1.94. The molecule has 1 N–H and O–H groups in total. The molecule has 1 fully saturated rings. The molecule has 1 aliphatic rings. The molecule has 0 spiro atoms. The van der Waals surface area contributed by atoms with E-state index in [2.05, 4.69) is 5.32 Å². The Kier molecular flexibility index (Phi) is 5.89. The number of likely N-dealkylation sites (tertiary alicyclic amines) is 1. The number of rotatable bonds is 5. The van der Waals surface area contributed by atoms with Crippen molar-refractivity contribution in [1.82, 2.24) is 10.2 Å². The number of benzene rings is 2. The van der Waals surface area contributed by atoms with Gasteiger partial charge in [-0.05, 0) is 36.6 Å². The average Bonchev–Trinajstić information content (AvgIpc) is 2.69. The third-order valence-electron chi connectivity index (χ3n) is 4.67. The van der Waals surface area contributed by atoms with Crippen LogP contribution in [0.3, 0.4) is 0 Å². The quantitative estimate of drug-likeness (QED) is 0.900. The summed E-state index contributed by atoms with van der Waals surface area (Å²) in [5.41, 5.74) is 1.64. The van der Waals surface area contributed by atoms with Gasteiger partial charge in [-0.2, -0.15) is 0 Å². The molecule has 2 amide bonds. The number of amides is 2. The molecule has 1 heterocycles. The van der Waals surface area contributed by atoms with Gasteiger partial charge in [-0.25, -0.2) is 0 Å². The minimum atomic E-state index is 0.0120. The third-order valence-corrected chi connectivity index (χ3v) is 4.67. The van der Waals surface area contributed by atoms with E-state index in [1.165, 1.54) is 0 Å². The molecule has 0 radical (unpaired) electrons. The predicted octanol–water partition coefficient (Wildman–Crippen LogP) is 2.66. The summed E-state index contributed by atoms with van der Waals surface area (Å²) in [6, 6.07) is 17.1. The first-order valence-corrected chi connectivity index (χ1v) is 8.92. The van der Waals surface area contributed by atoms with E-state index in [1.54, 1.807) is 19.2 Å². The Bertz CT molecular complexity index is 753. The van der Waals surface area contributed by atoms with Crippen LogP contribution in [-0.2, 0) is 11.2 Å². The first-order chi connectivity index (χ1) is 12.7. The highest BCUT2D eigenvalue weighted by atomic mass is 16.5. The summed E-state index contributed by atoms with van der Waals surface area (Å²) in [5, 5.41) is 3.09. The van der Waals surface area contributed by atoms with Crippen LogP contribution in [0.2, 0.25) is 0 Å². The number of carbonyl (C=O) groups excluding carboxylic acids is 2. The molecule has 1 saturated heterocycles. The molecule has 26 heavy (non-hydrogen) atoms. The summed E-state index contributed by atoms with van der Waals surface area (Å²) in [5.74, 6) is 0.727. The Balaban J connectivity index is 1.49. The molecule has 136 valence electrons. The van der Waals surface area contributed by atoms with Crippen molar-refractivity contribution < 1.29 is 14.3 Å². The van der Waals surface area contributed by atoms with Gasteiger partial charge in [0.15, 0.2) is 0 Å². The van der Waals surface area contributed by atoms with Crippen LogP contribution in [0.25, 0.3) is 0 Å². The largest absolute Gasteiger partial charge is 0.497 e. The van der Waals surface area contributed by atoms with Crippen LogP contribution in [0.5, 0.6) is 5.75 Å². The van der Waals surface area contributed by atoms with E-state index >= 15 is 0 Å². The molecule has 0 bridgehead atoms. The smallest absolute Gasteiger partial charge is 0.253 e. The maximum atomic E-state index is 12.6. The summed E-state index contributed by atoms with van der Waals surface area (Å²) in [7, 11) is 1.59. The second-order valence-electron chi connectivity index (χ2n) is 6.53. The highest BCUT2D eigenvalue weighted by molar-refractivity contribution is 5.94. The maximum Gasteiger partial charge on any atom is 0.253 e. The highest BCUT2D eigenvalue weighted by Crippen LogP contribution is 2.18. The number of ether oxygens (including phenoxy) is 1. The Labute approximate surface area is 154 Å². The van der Waals surface area contributed by atoms with E-state index in [9.17, 15) is 9.59 Å². The number of hydrogen-bond donors (Lipinski definition) is 1. The molecule has 2 aromatic carbocycles. The van der Waals surface area contributed by atoms with Gasteiger partial charge in [0, 0.05) is 24.7 Å². The lowest BCUT2D eigenvalue weighted by molar-refractivity contribution is -0.121. The first-order valence-electron chi connectivity index (χ1n) is 8.92. The summed E-state index contributed by atoms with van der Waals surface area (Å²) >= 11 is 0. The lowest BCUT2D eigenvalue weighted by Gasteiger charge is -2.32. The van der Waals surface area contributed by atoms with Crippen molar-refractivity contribution in [1.29, 1.82) is 0 Å². The molecule has 0 aromatic heterocycles.